The number of ether oxygens (including phenoxy) is 1. The van der Waals surface area contributed by atoms with E-state index in [2.05, 4.69) is 4.98 Å². The highest BCUT2D eigenvalue weighted by Crippen LogP contribution is 2.16. The molecule has 0 amide bonds. The molecule has 0 aliphatic carbocycles. The van der Waals surface area contributed by atoms with Gasteiger partial charge in [0.15, 0.2) is 5.78 Å². The van der Waals surface area contributed by atoms with E-state index in [-0.39, 0.29) is 12.4 Å². The molecule has 0 spiro atoms. The number of carbonyl (C=O) groups is 1. The molecule has 3 heteroatoms. The number of hydrogen-bond donors (Lipinski definition) is 0. The molecule has 0 atom stereocenters. The van der Waals surface area contributed by atoms with E-state index < -0.39 is 0 Å². The Bertz CT molecular complexity index is 532. The minimum atomic E-state index is 0.111. The van der Waals surface area contributed by atoms with Crippen molar-refractivity contribution in [2.75, 3.05) is 13.2 Å². The van der Waals surface area contributed by atoms with Crippen LogP contribution in [0.25, 0.3) is 10.9 Å². The van der Waals surface area contributed by atoms with Crippen LogP contribution in [0.15, 0.2) is 36.5 Å². The second kappa shape index (κ2) is 6.26. The number of fused-ring (bicyclic) bond motifs is 1. The summed E-state index contributed by atoms with van der Waals surface area (Å²) in [7, 11) is 0. The molecule has 0 radical (unpaired) electrons. The van der Waals surface area contributed by atoms with E-state index in [9.17, 15) is 4.79 Å². The smallest absolute Gasteiger partial charge is 0.162 e. The number of ketones is 1. The highest BCUT2D eigenvalue weighted by atomic mass is 16.5. The van der Waals surface area contributed by atoms with E-state index in [1.165, 1.54) is 0 Å². The maximum Gasteiger partial charge on any atom is 0.162 e. The van der Waals surface area contributed by atoms with Gasteiger partial charge < -0.3 is 4.74 Å². The third kappa shape index (κ3) is 3.14. The largest absolute Gasteiger partial charge is 0.374 e. The number of rotatable bonds is 6. The zero-order chi connectivity index (χ0) is 12.8. The van der Waals surface area contributed by atoms with Gasteiger partial charge in [0, 0.05) is 24.6 Å². The summed E-state index contributed by atoms with van der Waals surface area (Å²) < 4.78 is 5.26. The molecule has 2 rings (SSSR count). The fourth-order valence-corrected chi connectivity index (χ4v) is 1.90. The summed E-state index contributed by atoms with van der Waals surface area (Å²) in [5.74, 6) is 0.111. The Kier molecular flexibility index (Phi) is 4.42. The molecule has 0 aliphatic heterocycles. The Hall–Kier alpha value is -1.74. The monoisotopic (exact) mass is 243 g/mol. The molecule has 0 fully saturated rings. The number of pyridine rings is 1. The molecular formula is C15H17NO2. The van der Waals surface area contributed by atoms with Crippen molar-refractivity contribution < 1.29 is 9.53 Å². The Labute approximate surface area is 107 Å². The highest BCUT2D eigenvalue weighted by Gasteiger charge is 2.07. The van der Waals surface area contributed by atoms with Gasteiger partial charge in [-0.1, -0.05) is 25.1 Å². The van der Waals surface area contributed by atoms with Crippen LogP contribution in [0.2, 0.25) is 0 Å². The summed E-state index contributed by atoms with van der Waals surface area (Å²) in [6.07, 6.45) is 3.09. The Morgan fingerprint density at radius 2 is 2.11 bits per heavy atom. The lowest BCUT2D eigenvalue weighted by Gasteiger charge is -2.05. The third-order valence-corrected chi connectivity index (χ3v) is 2.74. The van der Waals surface area contributed by atoms with Gasteiger partial charge in [-0.05, 0) is 24.1 Å². The fourth-order valence-electron chi connectivity index (χ4n) is 1.90. The molecule has 94 valence electrons. The Balaban J connectivity index is 2.09. The van der Waals surface area contributed by atoms with Crippen molar-refractivity contribution in [1.29, 1.82) is 0 Å². The predicted octanol–water partition coefficient (Wildman–Crippen LogP) is 2.77. The van der Waals surface area contributed by atoms with Crippen molar-refractivity contribution in [2.45, 2.75) is 19.8 Å². The number of nitrogens with zero attached hydrogens (tertiary/aromatic N) is 1. The van der Waals surface area contributed by atoms with Crippen LogP contribution >= 0.6 is 0 Å². The first-order valence-corrected chi connectivity index (χ1v) is 6.23. The van der Waals surface area contributed by atoms with Gasteiger partial charge in [0.05, 0.1) is 5.52 Å². The normalized spacial score (nSPS) is 10.7. The van der Waals surface area contributed by atoms with E-state index >= 15 is 0 Å². The van der Waals surface area contributed by atoms with Gasteiger partial charge in [-0.3, -0.25) is 9.78 Å². The van der Waals surface area contributed by atoms with E-state index in [0.717, 1.165) is 22.9 Å². The highest BCUT2D eigenvalue weighted by molar-refractivity contribution is 5.89. The average Bonchev–Trinajstić information content (AvgIpc) is 2.39. The molecule has 0 saturated carbocycles. The summed E-state index contributed by atoms with van der Waals surface area (Å²) >= 11 is 0. The van der Waals surface area contributed by atoms with Gasteiger partial charge in [0.25, 0.3) is 0 Å². The number of benzene rings is 1. The van der Waals surface area contributed by atoms with Gasteiger partial charge in [0.2, 0.25) is 0 Å². The third-order valence-electron chi connectivity index (χ3n) is 2.74. The number of hydrogen-bond acceptors (Lipinski definition) is 3. The number of Topliss-reactive ketones (excluding diaryl/α,β-unsaturated/α-hetero) is 1. The van der Waals surface area contributed by atoms with Gasteiger partial charge in [-0.15, -0.1) is 0 Å². The van der Waals surface area contributed by atoms with E-state index in [0.29, 0.717) is 13.0 Å². The van der Waals surface area contributed by atoms with Crippen molar-refractivity contribution in [3.8, 4) is 0 Å². The van der Waals surface area contributed by atoms with E-state index in [1.807, 2.05) is 37.3 Å². The molecule has 1 heterocycles. The van der Waals surface area contributed by atoms with E-state index in [4.69, 9.17) is 4.74 Å². The van der Waals surface area contributed by atoms with Crippen molar-refractivity contribution >= 4 is 16.7 Å². The zero-order valence-corrected chi connectivity index (χ0v) is 10.6. The lowest BCUT2D eigenvalue weighted by Crippen LogP contribution is -2.12. The predicted molar refractivity (Wildman–Crippen MR) is 71.6 cm³/mol. The van der Waals surface area contributed by atoms with Crippen LogP contribution in [0.1, 0.15) is 18.9 Å². The van der Waals surface area contributed by atoms with Crippen LogP contribution in [-0.2, 0) is 16.0 Å². The SMILES string of the molecule is CCCOCC(=O)Cc1ccnc2ccccc12. The maximum atomic E-state index is 11.8. The molecule has 18 heavy (non-hydrogen) atoms. The fraction of sp³-hybridized carbons (Fsp3) is 0.333. The van der Waals surface area contributed by atoms with Crippen molar-refractivity contribution in [3.05, 3.63) is 42.1 Å². The van der Waals surface area contributed by atoms with Crippen LogP contribution < -0.4 is 0 Å². The van der Waals surface area contributed by atoms with E-state index in [1.54, 1.807) is 6.20 Å². The molecular weight excluding hydrogens is 226 g/mol. The lowest BCUT2D eigenvalue weighted by molar-refractivity contribution is -0.122. The zero-order valence-electron chi connectivity index (χ0n) is 10.6. The quantitative estimate of drug-likeness (QED) is 0.732. The van der Waals surface area contributed by atoms with Crippen LogP contribution in [0.4, 0.5) is 0 Å². The molecule has 0 aliphatic rings. The Morgan fingerprint density at radius 1 is 1.28 bits per heavy atom. The first-order chi connectivity index (χ1) is 8.81. The van der Waals surface area contributed by atoms with Crippen LogP contribution in [0, 0.1) is 0 Å². The van der Waals surface area contributed by atoms with Crippen molar-refractivity contribution in [2.24, 2.45) is 0 Å². The van der Waals surface area contributed by atoms with Crippen molar-refractivity contribution in [3.63, 3.8) is 0 Å². The second-order valence-corrected chi connectivity index (χ2v) is 4.26. The molecule has 2 aromatic rings. The molecule has 0 saturated heterocycles. The lowest BCUT2D eigenvalue weighted by atomic mass is 10.0. The number of carbonyl (C=O) groups excluding carboxylic acids is 1. The maximum absolute atomic E-state index is 11.8. The first kappa shape index (κ1) is 12.7. The van der Waals surface area contributed by atoms with Crippen LogP contribution in [0.3, 0.4) is 0 Å². The van der Waals surface area contributed by atoms with Crippen LogP contribution in [-0.4, -0.2) is 24.0 Å². The van der Waals surface area contributed by atoms with Gasteiger partial charge in [0.1, 0.15) is 6.61 Å². The molecule has 0 bridgehead atoms. The molecule has 1 aromatic heterocycles. The number of aromatic nitrogens is 1. The Morgan fingerprint density at radius 3 is 2.94 bits per heavy atom. The standard InChI is InChI=1S/C15H17NO2/c1-2-9-18-11-13(17)10-12-7-8-16-15-6-4-3-5-14(12)15/h3-8H,2,9-11H2,1H3. The molecule has 3 nitrogen and oxygen atoms in total. The van der Waals surface area contributed by atoms with Gasteiger partial charge in [-0.25, -0.2) is 0 Å². The molecule has 1 aromatic carbocycles. The summed E-state index contributed by atoms with van der Waals surface area (Å²) in [6, 6.07) is 9.77. The van der Waals surface area contributed by atoms with Gasteiger partial charge >= 0.3 is 0 Å². The summed E-state index contributed by atoms with van der Waals surface area (Å²) in [5.41, 5.74) is 1.95. The minimum absolute atomic E-state index is 0.111. The first-order valence-electron chi connectivity index (χ1n) is 6.23. The summed E-state index contributed by atoms with van der Waals surface area (Å²) in [6.45, 7) is 2.87. The molecule has 0 unspecified atom stereocenters. The minimum Gasteiger partial charge on any atom is -0.374 e. The van der Waals surface area contributed by atoms with Crippen molar-refractivity contribution in [1.82, 2.24) is 4.98 Å². The second-order valence-electron chi connectivity index (χ2n) is 4.26. The van der Waals surface area contributed by atoms with Crippen LogP contribution in [0.5, 0.6) is 0 Å². The topological polar surface area (TPSA) is 39.2 Å². The number of para-hydroxylation sites is 1. The summed E-state index contributed by atoms with van der Waals surface area (Å²) in [5, 5.41) is 1.05. The molecule has 0 N–H and O–H groups in total. The van der Waals surface area contributed by atoms with Gasteiger partial charge in [-0.2, -0.15) is 0 Å². The average molecular weight is 243 g/mol. The summed E-state index contributed by atoms with van der Waals surface area (Å²) in [4.78, 5) is 16.1.